The number of alkyl halides is 6. The van der Waals surface area contributed by atoms with E-state index in [1.54, 1.807) is 0 Å². The highest BCUT2D eigenvalue weighted by Gasteiger charge is 2.19. The molecular formula is C6H8Cl4F2O. The second-order valence-corrected chi connectivity index (χ2v) is 4.76. The zero-order valence-electron chi connectivity index (χ0n) is 6.40. The molecule has 80 valence electrons. The third-order valence-corrected chi connectivity index (χ3v) is 1.73. The molecule has 0 amide bonds. The van der Waals surface area contributed by atoms with Gasteiger partial charge in [-0.15, -0.1) is 46.4 Å². The van der Waals surface area contributed by atoms with Crippen LogP contribution in [0.25, 0.3) is 0 Å². The molecule has 0 radical (unpaired) electrons. The van der Waals surface area contributed by atoms with Crippen molar-refractivity contribution in [2.45, 2.75) is 35.2 Å². The molecule has 0 aromatic heterocycles. The smallest absolute Gasteiger partial charge is 0.204 e. The van der Waals surface area contributed by atoms with Crippen molar-refractivity contribution < 1.29 is 13.5 Å². The van der Waals surface area contributed by atoms with E-state index in [-0.39, 0.29) is 12.8 Å². The lowest BCUT2D eigenvalue weighted by Crippen LogP contribution is -2.18. The first-order valence-electron chi connectivity index (χ1n) is 3.41. The molecule has 7 heteroatoms. The molecule has 0 aliphatic carbocycles. The molecule has 2 unspecified atom stereocenters. The SMILES string of the molecule is FC(CC(Cl)Cl)OC(F)CC(Cl)Cl. The van der Waals surface area contributed by atoms with E-state index in [9.17, 15) is 8.78 Å². The Morgan fingerprint density at radius 2 is 1.15 bits per heavy atom. The average Bonchev–Trinajstić information content (AvgIpc) is 1.80. The van der Waals surface area contributed by atoms with Crippen molar-refractivity contribution >= 4 is 46.4 Å². The maximum Gasteiger partial charge on any atom is 0.204 e. The number of hydrogen-bond donors (Lipinski definition) is 0. The summed E-state index contributed by atoms with van der Waals surface area (Å²) in [5.41, 5.74) is 0. The van der Waals surface area contributed by atoms with Gasteiger partial charge in [0.15, 0.2) is 0 Å². The summed E-state index contributed by atoms with van der Waals surface area (Å²) in [7, 11) is 0. The molecule has 2 atom stereocenters. The molecule has 0 rings (SSSR count). The minimum atomic E-state index is -1.85. The molecular weight excluding hydrogens is 268 g/mol. The Morgan fingerprint density at radius 1 is 0.846 bits per heavy atom. The first-order chi connectivity index (χ1) is 5.91. The normalized spacial score (nSPS) is 16.6. The highest BCUT2D eigenvalue weighted by molar-refractivity contribution is 6.44. The van der Waals surface area contributed by atoms with Gasteiger partial charge >= 0.3 is 0 Å². The molecule has 0 aliphatic heterocycles. The van der Waals surface area contributed by atoms with Crippen molar-refractivity contribution in [3.63, 3.8) is 0 Å². The number of rotatable bonds is 6. The second-order valence-electron chi connectivity index (χ2n) is 2.21. The topological polar surface area (TPSA) is 9.23 Å². The molecule has 0 fully saturated rings. The number of halogens is 6. The van der Waals surface area contributed by atoms with E-state index in [0.29, 0.717) is 0 Å². The monoisotopic (exact) mass is 274 g/mol. The molecule has 13 heavy (non-hydrogen) atoms. The maximum atomic E-state index is 12.6. The van der Waals surface area contributed by atoms with Gasteiger partial charge in [-0.3, -0.25) is 0 Å². The van der Waals surface area contributed by atoms with E-state index in [4.69, 9.17) is 46.4 Å². The quantitative estimate of drug-likeness (QED) is 0.666. The fourth-order valence-corrected chi connectivity index (χ4v) is 1.11. The zero-order chi connectivity index (χ0) is 10.4. The van der Waals surface area contributed by atoms with Gasteiger partial charge in [0.1, 0.15) is 9.67 Å². The van der Waals surface area contributed by atoms with Gasteiger partial charge in [-0.1, -0.05) is 0 Å². The molecule has 0 N–H and O–H groups in total. The van der Waals surface area contributed by atoms with Gasteiger partial charge in [0.2, 0.25) is 12.7 Å². The van der Waals surface area contributed by atoms with Gasteiger partial charge in [0, 0.05) is 12.8 Å². The summed E-state index contributed by atoms with van der Waals surface area (Å²) in [5, 5.41) is 0. The van der Waals surface area contributed by atoms with Crippen molar-refractivity contribution in [2.24, 2.45) is 0 Å². The molecule has 0 heterocycles. The average molecular weight is 276 g/mol. The van der Waals surface area contributed by atoms with E-state index >= 15 is 0 Å². The summed E-state index contributed by atoms with van der Waals surface area (Å²) in [6.45, 7) is 0. The van der Waals surface area contributed by atoms with Gasteiger partial charge in [-0.2, -0.15) is 0 Å². The van der Waals surface area contributed by atoms with E-state index in [1.165, 1.54) is 0 Å². The summed E-state index contributed by atoms with van der Waals surface area (Å²) in [6.07, 6.45) is -4.28. The first kappa shape index (κ1) is 14.0. The van der Waals surface area contributed by atoms with Crippen LogP contribution in [0.3, 0.4) is 0 Å². The van der Waals surface area contributed by atoms with Crippen LogP contribution in [0.5, 0.6) is 0 Å². The Labute approximate surface area is 95.2 Å². The highest BCUT2D eigenvalue weighted by atomic mass is 35.5. The third kappa shape index (κ3) is 9.29. The molecule has 0 bridgehead atoms. The van der Waals surface area contributed by atoms with Crippen LogP contribution in [0.15, 0.2) is 0 Å². The summed E-state index contributed by atoms with van der Waals surface area (Å²) in [6, 6.07) is 0. The third-order valence-electron chi connectivity index (χ3n) is 1.02. The molecule has 0 aromatic rings. The van der Waals surface area contributed by atoms with Crippen molar-refractivity contribution in [2.75, 3.05) is 0 Å². The zero-order valence-corrected chi connectivity index (χ0v) is 9.42. The predicted molar refractivity (Wildman–Crippen MR) is 51.1 cm³/mol. The van der Waals surface area contributed by atoms with Gasteiger partial charge < -0.3 is 4.74 Å². The lowest BCUT2D eigenvalue weighted by molar-refractivity contribution is -0.141. The lowest BCUT2D eigenvalue weighted by Gasteiger charge is -2.14. The van der Waals surface area contributed by atoms with Crippen LogP contribution in [0.2, 0.25) is 0 Å². The predicted octanol–water partition coefficient (Wildman–Crippen LogP) is 3.98. The fourth-order valence-electron chi connectivity index (χ4n) is 0.551. The van der Waals surface area contributed by atoms with Crippen molar-refractivity contribution in [3.05, 3.63) is 0 Å². The molecule has 0 saturated carbocycles. The Kier molecular flexibility index (Phi) is 7.85. The second kappa shape index (κ2) is 7.30. The van der Waals surface area contributed by atoms with Gasteiger partial charge in [-0.25, -0.2) is 8.78 Å². The fraction of sp³-hybridized carbons (Fsp3) is 1.00. The number of ether oxygens (including phenoxy) is 1. The van der Waals surface area contributed by atoms with E-state index in [2.05, 4.69) is 4.74 Å². The Morgan fingerprint density at radius 3 is 1.38 bits per heavy atom. The van der Waals surface area contributed by atoms with E-state index in [1.807, 2.05) is 0 Å². The van der Waals surface area contributed by atoms with Crippen LogP contribution in [-0.4, -0.2) is 22.4 Å². The molecule has 0 saturated heterocycles. The molecule has 0 spiro atoms. The highest BCUT2D eigenvalue weighted by Crippen LogP contribution is 2.19. The Balaban J connectivity index is 3.58. The summed E-state index contributed by atoms with van der Waals surface area (Å²) in [5.74, 6) is 0. The van der Waals surface area contributed by atoms with Gasteiger partial charge in [0.25, 0.3) is 0 Å². The minimum absolute atomic E-state index is 0.293. The summed E-state index contributed by atoms with van der Waals surface area (Å²) >= 11 is 20.9. The largest absolute Gasteiger partial charge is 0.314 e. The molecule has 1 nitrogen and oxygen atoms in total. The van der Waals surface area contributed by atoms with Gasteiger partial charge in [0.05, 0.1) is 0 Å². The van der Waals surface area contributed by atoms with Crippen LogP contribution in [-0.2, 0) is 4.74 Å². The summed E-state index contributed by atoms with van der Waals surface area (Å²) in [4.78, 5) is -1.85. The van der Waals surface area contributed by atoms with Crippen LogP contribution in [0.1, 0.15) is 12.8 Å². The van der Waals surface area contributed by atoms with Crippen molar-refractivity contribution in [3.8, 4) is 0 Å². The van der Waals surface area contributed by atoms with Crippen LogP contribution < -0.4 is 0 Å². The van der Waals surface area contributed by atoms with Crippen LogP contribution in [0, 0.1) is 0 Å². The van der Waals surface area contributed by atoms with E-state index < -0.39 is 22.4 Å². The summed E-state index contributed by atoms with van der Waals surface area (Å²) < 4.78 is 29.5. The molecule has 0 aromatic carbocycles. The lowest BCUT2D eigenvalue weighted by atomic mass is 10.4. The minimum Gasteiger partial charge on any atom is -0.314 e. The Bertz CT molecular complexity index is 122. The van der Waals surface area contributed by atoms with Crippen molar-refractivity contribution in [1.29, 1.82) is 0 Å². The van der Waals surface area contributed by atoms with Crippen LogP contribution in [0.4, 0.5) is 8.78 Å². The van der Waals surface area contributed by atoms with Gasteiger partial charge in [-0.05, 0) is 0 Å². The first-order valence-corrected chi connectivity index (χ1v) is 5.16. The van der Waals surface area contributed by atoms with Crippen LogP contribution >= 0.6 is 46.4 Å². The Hall–Kier alpha value is 0.980. The maximum absolute atomic E-state index is 12.6. The number of hydrogen-bond acceptors (Lipinski definition) is 1. The standard InChI is InChI=1S/C6H8Cl4F2O/c7-3(8)1-5(11)13-6(12)2-4(9)10/h3-6H,1-2H2. The van der Waals surface area contributed by atoms with E-state index in [0.717, 1.165) is 0 Å². The van der Waals surface area contributed by atoms with Crippen molar-refractivity contribution in [1.82, 2.24) is 0 Å². The molecule has 0 aliphatic rings.